The van der Waals surface area contributed by atoms with Crippen LogP contribution in [0.25, 0.3) is 0 Å². The zero-order chi connectivity index (χ0) is 10.3. The smallest absolute Gasteiger partial charge is 0.0778 e. The third kappa shape index (κ3) is 9.84. The Kier molecular flexibility index (Phi) is 6.35. The molecule has 2 nitrogen and oxygen atoms in total. The summed E-state index contributed by atoms with van der Waals surface area (Å²) < 4.78 is 5.33. The number of unbranched alkanes of at least 4 members (excludes halogenated alkanes) is 1. The van der Waals surface area contributed by atoms with Crippen LogP contribution in [0.1, 0.15) is 47.0 Å². The van der Waals surface area contributed by atoms with Crippen LogP contribution in [0.15, 0.2) is 0 Å². The average Bonchev–Trinajstić information content (AvgIpc) is 1.94. The van der Waals surface area contributed by atoms with Gasteiger partial charge in [-0.3, -0.25) is 0 Å². The van der Waals surface area contributed by atoms with Crippen molar-refractivity contribution in [3.63, 3.8) is 0 Å². The van der Waals surface area contributed by atoms with Gasteiger partial charge in [0.25, 0.3) is 0 Å². The molecule has 0 aliphatic carbocycles. The molecule has 0 bridgehead atoms. The van der Waals surface area contributed by atoms with Crippen LogP contribution >= 0.6 is 0 Å². The number of hydrogen-bond donors (Lipinski definition) is 1. The van der Waals surface area contributed by atoms with Gasteiger partial charge < -0.3 is 9.84 Å². The predicted octanol–water partition coefficient (Wildman–Crippen LogP) is 2.60. The lowest BCUT2D eigenvalue weighted by atomic mass is 9.89. The summed E-state index contributed by atoms with van der Waals surface area (Å²) in [4.78, 5) is 0. The first-order valence-corrected chi connectivity index (χ1v) is 5.21. The Labute approximate surface area is 82.3 Å². The highest BCUT2D eigenvalue weighted by atomic mass is 16.5. The second kappa shape index (κ2) is 6.39. The van der Waals surface area contributed by atoms with Crippen LogP contribution in [0.5, 0.6) is 0 Å². The first kappa shape index (κ1) is 12.9. The van der Waals surface area contributed by atoms with E-state index >= 15 is 0 Å². The van der Waals surface area contributed by atoms with Gasteiger partial charge in [0, 0.05) is 6.61 Å². The Morgan fingerprint density at radius 2 is 1.92 bits per heavy atom. The van der Waals surface area contributed by atoms with E-state index in [0.29, 0.717) is 6.61 Å². The van der Waals surface area contributed by atoms with E-state index < -0.39 is 0 Å². The Morgan fingerprint density at radius 1 is 1.31 bits per heavy atom. The normalized spacial score (nSPS) is 14.5. The van der Waals surface area contributed by atoms with Crippen LogP contribution in [-0.2, 0) is 4.74 Å². The molecule has 0 radical (unpaired) electrons. The molecule has 0 saturated heterocycles. The molecule has 0 aromatic rings. The molecule has 0 spiro atoms. The Morgan fingerprint density at radius 3 is 2.38 bits per heavy atom. The minimum Gasteiger partial charge on any atom is -0.391 e. The van der Waals surface area contributed by atoms with Crippen molar-refractivity contribution in [2.45, 2.75) is 53.1 Å². The molecule has 80 valence electrons. The summed E-state index contributed by atoms with van der Waals surface area (Å²) in [6.45, 7) is 9.77. The minimum atomic E-state index is -0.308. The van der Waals surface area contributed by atoms with E-state index in [1.807, 2.05) is 0 Å². The number of hydrogen-bond acceptors (Lipinski definition) is 2. The molecule has 0 rings (SSSR count). The standard InChI is InChI=1S/C11H24O2/c1-5-6-7-13-9-10(12)8-11(2,3)4/h10,12H,5-9H2,1-4H3. The van der Waals surface area contributed by atoms with Crippen LogP contribution in [0.3, 0.4) is 0 Å². The Hall–Kier alpha value is -0.0800. The van der Waals surface area contributed by atoms with Crippen LogP contribution < -0.4 is 0 Å². The monoisotopic (exact) mass is 188 g/mol. The Balaban J connectivity index is 3.35. The fraction of sp³-hybridized carbons (Fsp3) is 1.00. The molecule has 0 aromatic carbocycles. The lowest BCUT2D eigenvalue weighted by Crippen LogP contribution is -2.22. The summed E-state index contributed by atoms with van der Waals surface area (Å²) in [6, 6.07) is 0. The van der Waals surface area contributed by atoms with Crippen molar-refractivity contribution in [3.8, 4) is 0 Å². The fourth-order valence-corrected chi connectivity index (χ4v) is 1.23. The van der Waals surface area contributed by atoms with E-state index in [2.05, 4.69) is 27.7 Å². The molecule has 2 heteroatoms. The SMILES string of the molecule is CCCCOCC(O)CC(C)(C)C. The van der Waals surface area contributed by atoms with E-state index in [-0.39, 0.29) is 11.5 Å². The highest BCUT2D eigenvalue weighted by Crippen LogP contribution is 2.20. The minimum absolute atomic E-state index is 0.188. The highest BCUT2D eigenvalue weighted by molar-refractivity contribution is 4.67. The van der Waals surface area contributed by atoms with E-state index in [0.717, 1.165) is 25.9 Å². The van der Waals surface area contributed by atoms with Gasteiger partial charge in [-0.15, -0.1) is 0 Å². The van der Waals surface area contributed by atoms with Crippen molar-refractivity contribution in [2.24, 2.45) is 5.41 Å². The largest absolute Gasteiger partial charge is 0.391 e. The summed E-state index contributed by atoms with van der Waals surface area (Å²) >= 11 is 0. The number of rotatable bonds is 6. The van der Waals surface area contributed by atoms with E-state index in [9.17, 15) is 5.11 Å². The van der Waals surface area contributed by atoms with Gasteiger partial charge >= 0.3 is 0 Å². The van der Waals surface area contributed by atoms with Gasteiger partial charge in [0.05, 0.1) is 12.7 Å². The number of ether oxygens (including phenoxy) is 1. The van der Waals surface area contributed by atoms with Crippen molar-refractivity contribution in [1.29, 1.82) is 0 Å². The topological polar surface area (TPSA) is 29.5 Å². The van der Waals surface area contributed by atoms with E-state index in [1.54, 1.807) is 0 Å². The Bertz CT molecular complexity index is 116. The van der Waals surface area contributed by atoms with Crippen LogP contribution in [0.4, 0.5) is 0 Å². The van der Waals surface area contributed by atoms with Crippen molar-refractivity contribution in [1.82, 2.24) is 0 Å². The molecule has 0 aliphatic heterocycles. The lowest BCUT2D eigenvalue weighted by molar-refractivity contribution is 0.0154. The van der Waals surface area contributed by atoms with Crippen LogP contribution in [0, 0.1) is 5.41 Å². The van der Waals surface area contributed by atoms with E-state index in [1.165, 1.54) is 0 Å². The highest BCUT2D eigenvalue weighted by Gasteiger charge is 2.16. The predicted molar refractivity (Wildman–Crippen MR) is 55.8 cm³/mol. The first-order valence-electron chi connectivity index (χ1n) is 5.21. The van der Waals surface area contributed by atoms with Gasteiger partial charge in [-0.25, -0.2) is 0 Å². The first-order chi connectivity index (χ1) is 5.95. The number of aliphatic hydroxyl groups excluding tert-OH is 1. The summed E-state index contributed by atoms with van der Waals surface area (Å²) in [5.41, 5.74) is 0.188. The fourth-order valence-electron chi connectivity index (χ4n) is 1.23. The van der Waals surface area contributed by atoms with Crippen molar-refractivity contribution in [2.75, 3.05) is 13.2 Å². The van der Waals surface area contributed by atoms with Crippen molar-refractivity contribution >= 4 is 0 Å². The molecule has 0 aliphatic rings. The summed E-state index contributed by atoms with van der Waals surface area (Å²) in [5, 5.41) is 9.56. The molecular formula is C11H24O2. The maximum absolute atomic E-state index is 9.56. The molecule has 0 aromatic heterocycles. The lowest BCUT2D eigenvalue weighted by Gasteiger charge is -2.22. The van der Waals surface area contributed by atoms with Crippen molar-refractivity contribution in [3.05, 3.63) is 0 Å². The van der Waals surface area contributed by atoms with Gasteiger partial charge in [0.15, 0.2) is 0 Å². The third-order valence-corrected chi connectivity index (χ3v) is 1.80. The average molecular weight is 188 g/mol. The molecule has 0 saturated carbocycles. The molecule has 0 amide bonds. The second-order valence-corrected chi connectivity index (χ2v) is 4.85. The van der Waals surface area contributed by atoms with Gasteiger partial charge in [-0.2, -0.15) is 0 Å². The maximum Gasteiger partial charge on any atom is 0.0778 e. The molecule has 0 fully saturated rings. The summed E-state index contributed by atoms with van der Waals surface area (Å²) in [5.74, 6) is 0. The molecular weight excluding hydrogens is 164 g/mol. The van der Waals surface area contributed by atoms with Crippen LogP contribution in [-0.4, -0.2) is 24.4 Å². The third-order valence-electron chi connectivity index (χ3n) is 1.80. The quantitative estimate of drug-likeness (QED) is 0.649. The van der Waals surface area contributed by atoms with Gasteiger partial charge in [0.1, 0.15) is 0 Å². The molecule has 13 heavy (non-hydrogen) atoms. The van der Waals surface area contributed by atoms with Gasteiger partial charge in [-0.05, 0) is 18.3 Å². The van der Waals surface area contributed by atoms with Gasteiger partial charge in [-0.1, -0.05) is 34.1 Å². The molecule has 0 heterocycles. The zero-order valence-corrected chi connectivity index (χ0v) is 9.47. The van der Waals surface area contributed by atoms with E-state index in [4.69, 9.17) is 4.74 Å². The molecule has 1 N–H and O–H groups in total. The zero-order valence-electron chi connectivity index (χ0n) is 9.47. The number of aliphatic hydroxyl groups is 1. The second-order valence-electron chi connectivity index (χ2n) is 4.85. The maximum atomic E-state index is 9.56. The van der Waals surface area contributed by atoms with Gasteiger partial charge in [0.2, 0.25) is 0 Å². The molecule has 1 atom stereocenters. The van der Waals surface area contributed by atoms with Crippen molar-refractivity contribution < 1.29 is 9.84 Å². The van der Waals surface area contributed by atoms with Crippen LogP contribution in [0.2, 0.25) is 0 Å². The molecule has 1 unspecified atom stereocenters. The summed E-state index contributed by atoms with van der Waals surface area (Å²) in [7, 11) is 0. The summed E-state index contributed by atoms with van der Waals surface area (Å²) in [6.07, 6.45) is 2.73.